The largest absolute Gasteiger partial charge is 0.493 e. The predicted octanol–water partition coefficient (Wildman–Crippen LogP) is 3.28. The minimum Gasteiger partial charge on any atom is -0.493 e. The summed E-state index contributed by atoms with van der Waals surface area (Å²) in [5, 5.41) is 0. The fraction of sp³-hybridized carbons (Fsp3) is 0.158. The van der Waals surface area contributed by atoms with Crippen LogP contribution in [0.15, 0.2) is 48.5 Å². The molecule has 0 N–H and O–H groups in total. The number of hydrogen-bond acceptors (Lipinski definition) is 5. The van der Waals surface area contributed by atoms with E-state index in [1.807, 2.05) is 0 Å². The quantitative estimate of drug-likeness (QED) is 0.438. The van der Waals surface area contributed by atoms with Crippen LogP contribution in [0.25, 0.3) is 6.08 Å². The highest BCUT2D eigenvalue weighted by atomic mass is 19.1. The van der Waals surface area contributed by atoms with Gasteiger partial charge in [-0.05, 0) is 24.3 Å². The molecule has 5 nitrogen and oxygen atoms in total. The zero-order chi connectivity index (χ0) is 18.2. The summed E-state index contributed by atoms with van der Waals surface area (Å²) in [7, 11) is 2.99. The van der Waals surface area contributed by atoms with E-state index in [9.17, 15) is 14.0 Å². The number of carbonyl (C=O) groups is 2. The molecule has 0 spiro atoms. The fourth-order valence-electron chi connectivity index (χ4n) is 2.15. The number of Topliss-reactive ketones (excluding diaryl/α,β-unsaturated/α-hetero) is 1. The molecule has 0 aliphatic heterocycles. The molecule has 2 aromatic carbocycles. The van der Waals surface area contributed by atoms with Gasteiger partial charge in [0.25, 0.3) is 0 Å². The van der Waals surface area contributed by atoms with Gasteiger partial charge in [0.1, 0.15) is 5.82 Å². The van der Waals surface area contributed by atoms with Gasteiger partial charge in [0, 0.05) is 11.6 Å². The highest BCUT2D eigenvalue weighted by molar-refractivity contribution is 5.99. The Morgan fingerprint density at radius 1 is 1.04 bits per heavy atom. The van der Waals surface area contributed by atoms with E-state index in [0.717, 1.165) is 6.08 Å². The molecule has 0 saturated carbocycles. The third-order valence-corrected chi connectivity index (χ3v) is 3.35. The van der Waals surface area contributed by atoms with E-state index in [4.69, 9.17) is 14.2 Å². The molecule has 0 aliphatic rings. The Labute approximate surface area is 144 Å². The van der Waals surface area contributed by atoms with E-state index in [-0.39, 0.29) is 5.56 Å². The van der Waals surface area contributed by atoms with Crippen molar-refractivity contribution < 1.29 is 28.2 Å². The number of rotatable bonds is 7. The summed E-state index contributed by atoms with van der Waals surface area (Å²) in [5.74, 6) is -1.00. The van der Waals surface area contributed by atoms with Crippen molar-refractivity contribution in [2.45, 2.75) is 0 Å². The number of hydrogen-bond donors (Lipinski definition) is 0. The zero-order valence-corrected chi connectivity index (χ0v) is 13.8. The molecule has 0 atom stereocenters. The normalized spacial score (nSPS) is 10.5. The summed E-state index contributed by atoms with van der Waals surface area (Å²) in [5.41, 5.74) is 0.493. The van der Waals surface area contributed by atoms with Crippen LogP contribution in [0.4, 0.5) is 4.39 Å². The van der Waals surface area contributed by atoms with Crippen molar-refractivity contribution in [2.24, 2.45) is 0 Å². The number of benzene rings is 2. The lowest BCUT2D eigenvalue weighted by Crippen LogP contribution is -2.13. The van der Waals surface area contributed by atoms with E-state index in [1.165, 1.54) is 44.6 Å². The maximum absolute atomic E-state index is 13.5. The van der Waals surface area contributed by atoms with Crippen LogP contribution in [0.5, 0.6) is 11.5 Å². The highest BCUT2D eigenvalue weighted by Gasteiger charge is 2.13. The maximum Gasteiger partial charge on any atom is 0.331 e. The third-order valence-electron chi connectivity index (χ3n) is 3.35. The van der Waals surface area contributed by atoms with Crippen molar-refractivity contribution in [3.8, 4) is 11.5 Å². The van der Waals surface area contributed by atoms with Crippen molar-refractivity contribution in [3.63, 3.8) is 0 Å². The van der Waals surface area contributed by atoms with Crippen molar-refractivity contribution in [3.05, 3.63) is 65.5 Å². The number of ether oxygens (including phenoxy) is 3. The van der Waals surface area contributed by atoms with Crippen LogP contribution in [0.1, 0.15) is 15.9 Å². The molecular weight excluding hydrogens is 327 g/mol. The lowest BCUT2D eigenvalue weighted by atomic mass is 10.1. The first-order valence-corrected chi connectivity index (χ1v) is 7.40. The summed E-state index contributed by atoms with van der Waals surface area (Å²) in [6.07, 6.45) is 2.64. The summed E-state index contributed by atoms with van der Waals surface area (Å²) in [6.45, 7) is -0.542. The molecule has 2 rings (SSSR count). The number of esters is 1. The van der Waals surface area contributed by atoms with Crippen LogP contribution in [-0.2, 0) is 9.53 Å². The van der Waals surface area contributed by atoms with Crippen molar-refractivity contribution in [1.82, 2.24) is 0 Å². The SMILES string of the molecule is COc1cccc(C=CC(=O)OCC(=O)c2ccccc2F)c1OC. The number of para-hydroxylation sites is 1. The molecule has 0 fully saturated rings. The monoisotopic (exact) mass is 344 g/mol. The smallest absolute Gasteiger partial charge is 0.331 e. The average molecular weight is 344 g/mol. The standard InChI is InChI=1S/C19H17FO5/c1-23-17-9-5-6-13(19(17)24-2)10-11-18(22)25-12-16(21)14-7-3-4-8-15(14)20/h3-11H,12H2,1-2H3. The molecular formula is C19H17FO5. The fourth-order valence-corrected chi connectivity index (χ4v) is 2.15. The van der Waals surface area contributed by atoms with Gasteiger partial charge in [-0.3, -0.25) is 4.79 Å². The zero-order valence-electron chi connectivity index (χ0n) is 13.8. The Bertz CT molecular complexity index is 798. The molecule has 0 radical (unpaired) electrons. The first-order valence-electron chi connectivity index (χ1n) is 7.40. The van der Waals surface area contributed by atoms with Crippen LogP contribution >= 0.6 is 0 Å². The van der Waals surface area contributed by atoms with E-state index in [0.29, 0.717) is 17.1 Å². The molecule has 0 heterocycles. The van der Waals surface area contributed by atoms with Crippen LogP contribution in [-0.4, -0.2) is 32.6 Å². The molecule has 0 saturated heterocycles. The predicted molar refractivity (Wildman–Crippen MR) is 90.3 cm³/mol. The van der Waals surface area contributed by atoms with Gasteiger partial charge < -0.3 is 14.2 Å². The highest BCUT2D eigenvalue weighted by Crippen LogP contribution is 2.31. The van der Waals surface area contributed by atoms with E-state index < -0.39 is 24.2 Å². The molecule has 25 heavy (non-hydrogen) atoms. The van der Waals surface area contributed by atoms with Gasteiger partial charge in [0.05, 0.1) is 19.8 Å². The number of halogens is 1. The minimum absolute atomic E-state index is 0.117. The molecule has 0 aromatic heterocycles. The maximum atomic E-state index is 13.5. The van der Waals surface area contributed by atoms with Gasteiger partial charge in [-0.1, -0.05) is 24.3 Å². The van der Waals surface area contributed by atoms with Gasteiger partial charge >= 0.3 is 5.97 Å². The number of ketones is 1. The van der Waals surface area contributed by atoms with Crippen LogP contribution in [0.3, 0.4) is 0 Å². The first kappa shape index (κ1) is 18.2. The lowest BCUT2D eigenvalue weighted by Gasteiger charge is -2.09. The third kappa shape index (κ3) is 4.67. The van der Waals surface area contributed by atoms with E-state index >= 15 is 0 Å². The Morgan fingerprint density at radius 2 is 1.80 bits per heavy atom. The van der Waals surface area contributed by atoms with Gasteiger partial charge in [0.15, 0.2) is 18.1 Å². The molecule has 0 unspecified atom stereocenters. The summed E-state index contributed by atoms with van der Waals surface area (Å²) < 4.78 is 28.8. The molecule has 0 amide bonds. The Kier molecular flexibility index (Phi) is 6.28. The molecule has 2 aromatic rings. The number of methoxy groups -OCH3 is 2. The van der Waals surface area contributed by atoms with Crippen LogP contribution in [0.2, 0.25) is 0 Å². The van der Waals surface area contributed by atoms with Crippen LogP contribution < -0.4 is 9.47 Å². The van der Waals surface area contributed by atoms with Crippen molar-refractivity contribution >= 4 is 17.8 Å². The van der Waals surface area contributed by atoms with Crippen LogP contribution in [0, 0.1) is 5.82 Å². The second kappa shape index (κ2) is 8.63. The second-order valence-corrected chi connectivity index (χ2v) is 4.93. The van der Waals surface area contributed by atoms with Gasteiger partial charge in [-0.2, -0.15) is 0 Å². The Balaban J connectivity index is 2.00. The second-order valence-electron chi connectivity index (χ2n) is 4.93. The summed E-state index contributed by atoms with van der Waals surface area (Å²) in [4.78, 5) is 23.6. The van der Waals surface area contributed by atoms with Crippen molar-refractivity contribution in [1.29, 1.82) is 0 Å². The Hall–Kier alpha value is -3.15. The summed E-state index contributed by atoms with van der Waals surface area (Å²) >= 11 is 0. The van der Waals surface area contributed by atoms with Gasteiger partial charge in [0.2, 0.25) is 5.78 Å². The number of carbonyl (C=O) groups excluding carboxylic acids is 2. The van der Waals surface area contributed by atoms with Gasteiger partial charge in [-0.15, -0.1) is 0 Å². The molecule has 0 bridgehead atoms. The lowest BCUT2D eigenvalue weighted by molar-refractivity contribution is -0.136. The molecule has 130 valence electrons. The summed E-state index contributed by atoms with van der Waals surface area (Å²) in [6, 6.07) is 10.7. The first-order chi connectivity index (χ1) is 12.1. The molecule has 0 aliphatic carbocycles. The molecule has 6 heteroatoms. The van der Waals surface area contributed by atoms with Crippen molar-refractivity contribution in [2.75, 3.05) is 20.8 Å². The van der Waals surface area contributed by atoms with Gasteiger partial charge in [-0.25, -0.2) is 9.18 Å². The topological polar surface area (TPSA) is 61.8 Å². The minimum atomic E-state index is -0.727. The average Bonchev–Trinajstić information content (AvgIpc) is 2.64. The van der Waals surface area contributed by atoms with E-state index in [1.54, 1.807) is 18.2 Å². The Morgan fingerprint density at radius 3 is 2.48 bits per heavy atom. The van der Waals surface area contributed by atoms with E-state index in [2.05, 4.69) is 0 Å².